The first-order valence-electron chi connectivity index (χ1n) is 11.0. The number of pyridine rings is 2. The van der Waals surface area contributed by atoms with Crippen LogP contribution in [0.3, 0.4) is 0 Å². The highest BCUT2D eigenvalue weighted by molar-refractivity contribution is 5.80. The van der Waals surface area contributed by atoms with Crippen molar-refractivity contribution in [2.45, 2.75) is 44.4 Å². The molecule has 0 fully saturated rings. The summed E-state index contributed by atoms with van der Waals surface area (Å²) >= 11 is 0. The van der Waals surface area contributed by atoms with Crippen molar-refractivity contribution in [1.29, 1.82) is 5.41 Å². The molecule has 1 unspecified atom stereocenters. The Morgan fingerprint density at radius 3 is 2.94 bits per heavy atom. The number of carboxylic acid groups (broad SMARTS) is 1. The normalized spacial score (nSPS) is 14.1. The number of methoxy groups -OCH3 is 1. The molecule has 1 aliphatic heterocycles. The van der Waals surface area contributed by atoms with E-state index in [0.717, 1.165) is 62.3 Å². The van der Waals surface area contributed by atoms with Crippen LogP contribution in [0.15, 0.2) is 42.2 Å². The smallest absolute Gasteiger partial charge is 0.304 e. The zero-order chi connectivity index (χ0) is 22.8. The molecule has 2 aromatic heterocycles. The number of carbonyl (C=O) groups is 1. The molecule has 0 saturated carbocycles. The third-order valence-corrected chi connectivity index (χ3v) is 5.54. The number of aryl methyl sites for hydroxylation is 2. The van der Waals surface area contributed by atoms with Crippen LogP contribution in [0.1, 0.15) is 48.4 Å². The van der Waals surface area contributed by atoms with Gasteiger partial charge in [-0.05, 0) is 54.9 Å². The second-order valence-electron chi connectivity index (χ2n) is 7.82. The van der Waals surface area contributed by atoms with E-state index in [1.807, 2.05) is 0 Å². The van der Waals surface area contributed by atoms with Crippen LogP contribution >= 0.6 is 0 Å². The summed E-state index contributed by atoms with van der Waals surface area (Å²) in [4.78, 5) is 20.3. The minimum Gasteiger partial charge on any atom is -0.481 e. The summed E-state index contributed by atoms with van der Waals surface area (Å²) in [5.74, 6) is 0.113. The molecule has 0 bridgehead atoms. The highest BCUT2D eigenvalue weighted by Gasteiger charge is 2.20. The van der Waals surface area contributed by atoms with Crippen molar-refractivity contribution in [2.75, 3.05) is 25.5 Å². The third kappa shape index (κ3) is 6.54. The third-order valence-electron chi connectivity index (χ3n) is 5.54. The maximum atomic E-state index is 11.4. The lowest BCUT2D eigenvalue weighted by atomic mass is 9.90. The molecule has 3 rings (SSSR count). The molecule has 1 aliphatic rings. The predicted molar refractivity (Wildman–Crippen MR) is 125 cm³/mol. The van der Waals surface area contributed by atoms with Gasteiger partial charge in [0.05, 0.1) is 13.5 Å². The molecular weight excluding hydrogens is 406 g/mol. The molecule has 0 aliphatic carbocycles. The van der Waals surface area contributed by atoms with E-state index in [4.69, 9.17) is 15.1 Å². The van der Waals surface area contributed by atoms with Gasteiger partial charge in [0.25, 0.3) is 0 Å². The average molecular weight is 438 g/mol. The van der Waals surface area contributed by atoms with Gasteiger partial charge in [0.1, 0.15) is 5.82 Å². The van der Waals surface area contributed by atoms with E-state index in [9.17, 15) is 9.90 Å². The summed E-state index contributed by atoms with van der Waals surface area (Å²) in [6, 6.07) is 7.78. The lowest BCUT2D eigenvalue weighted by molar-refractivity contribution is -0.137. The fourth-order valence-corrected chi connectivity index (χ4v) is 3.80. The number of hydrogen-bond donors (Lipinski definition) is 4. The molecule has 32 heavy (non-hydrogen) atoms. The number of nitrogens with zero attached hydrogens (tertiary/aromatic N) is 2. The number of aromatic nitrogens is 2. The first-order valence-corrected chi connectivity index (χ1v) is 11.0. The van der Waals surface area contributed by atoms with Gasteiger partial charge in [-0.15, -0.1) is 0 Å². The number of aliphatic carboxylic acids is 1. The monoisotopic (exact) mass is 437 g/mol. The Morgan fingerprint density at radius 2 is 2.22 bits per heavy atom. The lowest BCUT2D eigenvalue weighted by Gasteiger charge is -2.17. The van der Waals surface area contributed by atoms with E-state index < -0.39 is 11.9 Å². The van der Waals surface area contributed by atoms with Crippen LogP contribution in [0.5, 0.6) is 5.88 Å². The van der Waals surface area contributed by atoms with E-state index >= 15 is 0 Å². The molecule has 0 radical (unpaired) electrons. The van der Waals surface area contributed by atoms with E-state index in [1.165, 1.54) is 18.9 Å². The number of nitrogens with one attached hydrogen (secondary N) is 3. The minimum absolute atomic E-state index is 0.116. The standard InChI is InChI=1S/C24H31N5O3/c1-32-22-10-8-18(16-28-22)21(13-23(30)31)19(14-25)15-26-11-3-2-6-20-9-7-17-5-4-12-27-24(17)29-20/h7-10,14-16,21,25-26H,2-6,11-13H2,1H3,(H,27,29)(H,30,31)/b19-15+,25-14?. The van der Waals surface area contributed by atoms with Crippen LogP contribution in [0.4, 0.5) is 5.82 Å². The minimum atomic E-state index is -0.925. The van der Waals surface area contributed by atoms with Crippen molar-refractivity contribution in [2.24, 2.45) is 0 Å². The molecule has 8 nitrogen and oxygen atoms in total. The van der Waals surface area contributed by atoms with E-state index in [1.54, 1.807) is 24.5 Å². The van der Waals surface area contributed by atoms with Gasteiger partial charge in [0.15, 0.2) is 0 Å². The van der Waals surface area contributed by atoms with Gasteiger partial charge in [0, 0.05) is 49.4 Å². The van der Waals surface area contributed by atoms with Gasteiger partial charge in [-0.2, -0.15) is 0 Å². The fraction of sp³-hybridized carbons (Fsp3) is 0.417. The molecule has 0 aromatic carbocycles. The molecule has 170 valence electrons. The van der Waals surface area contributed by atoms with Crippen LogP contribution in [0.25, 0.3) is 0 Å². The summed E-state index contributed by atoms with van der Waals surface area (Å²) in [6.07, 6.45) is 9.54. The van der Waals surface area contributed by atoms with Gasteiger partial charge in [-0.3, -0.25) is 4.79 Å². The Labute approximate surface area is 188 Å². The first-order chi connectivity index (χ1) is 15.6. The van der Waals surface area contributed by atoms with Gasteiger partial charge >= 0.3 is 5.97 Å². The van der Waals surface area contributed by atoms with Crippen LogP contribution in [-0.2, 0) is 17.6 Å². The van der Waals surface area contributed by atoms with Crippen LogP contribution in [-0.4, -0.2) is 47.5 Å². The number of carboxylic acids is 1. The number of hydrogen-bond acceptors (Lipinski definition) is 7. The number of allylic oxidation sites excluding steroid dienone is 1. The van der Waals surface area contributed by atoms with Crippen LogP contribution in [0.2, 0.25) is 0 Å². The zero-order valence-corrected chi connectivity index (χ0v) is 18.4. The van der Waals surface area contributed by atoms with Crippen molar-refractivity contribution in [1.82, 2.24) is 15.3 Å². The van der Waals surface area contributed by atoms with Crippen molar-refractivity contribution in [3.05, 3.63) is 59.1 Å². The zero-order valence-electron chi connectivity index (χ0n) is 18.4. The molecule has 2 aromatic rings. The average Bonchev–Trinajstić information content (AvgIpc) is 2.82. The van der Waals surface area contributed by atoms with E-state index in [0.29, 0.717) is 11.5 Å². The number of fused-ring (bicyclic) bond motifs is 1. The van der Waals surface area contributed by atoms with Gasteiger partial charge in [-0.25, -0.2) is 9.97 Å². The summed E-state index contributed by atoms with van der Waals surface area (Å²) < 4.78 is 5.07. The summed E-state index contributed by atoms with van der Waals surface area (Å²) in [6.45, 7) is 1.73. The van der Waals surface area contributed by atoms with Crippen LogP contribution < -0.4 is 15.4 Å². The summed E-state index contributed by atoms with van der Waals surface area (Å²) in [7, 11) is 1.53. The molecule has 0 amide bonds. The molecule has 8 heteroatoms. The molecule has 3 heterocycles. The van der Waals surface area contributed by atoms with Gasteiger partial charge < -0.3 is 25.9 Å². The Morgan fingerprint density at radius 1 is 1.34 bits per heavy atom. The Bertz CT molecular complexity index is 943. The molecule has 0 saturated heterocycles. The highest BCUT2D eigenvalue weighted by atomic mass is 16.5. The first kappa shape index (κ1) is 23.2. The number of anilines is 1. The maximum Gasteiger partial charge on any atom is 0.304 e. The maximum absolute atomic E-state index is 11.4. The number of rotatable bonds is 12. The lowest BCUT2D eigenvalue weighted by Crippen LogP contribution is -2.15. The fourth-order valence-electron chi connectivity index (χ4n) is 3.80. The second-order valence-corrected chi connectivity index (χ2v) is 7.82. The topological polar surface area (TPSA) is 120 Å². The van der Waals surface area contributed by atoms with Crippen molar-refractivity contribution >= 4 is 18.0 Å². The predicted octanol–water partition coefficient (Wildman–Crippen LogP) is 3.55. The van der Waals surface area contributed by atoms with Crippen molar-refractivity contribution < 1.29 is 14.6 Å². The van der Waals surface area contributed by atoms with Gasteiger partial charge in [0.2, 0.25) is 5.88 Å². The molecule has 4 N–H and O–H groups in total. The van der Waals surface area contributed by atoms with Crippen molar-refractivity contribution in [3.63, 3.8) is 0 Å². The molecular formula is C24H31N5O3. The second kappa shape index (κ2) is 11.8. The van der Waals surface area contributed by atoms with Crippen molar-refractivity contribution in [3.8, 4) is 5.88 Å². The Kier molecular flexibility index (Phi) is 8.60. The Hall–Kier alpha value is -3.42. The number of ether oxygens (including phenoxy) is 1. The SMILES string of the molecule is COc1ccc(C(CC(=O)O)/C(C=N)=C/NCCCCc2ccc3c(n2)NCCC3)cn1. The van der Waals surface area contributed by atoms with Gasteiger partial charge in [-0.1, -0.05) is 12.1 Å². The molecule has 1 atom stereocenters. The Balaban J connectivity index is 1.52. The molecule has 0 spiro atoms. The van der Waals surface area contributed by atoms with E-state index in [-0.39, 0.29) is 6.42 Å². The quantitative estimate of drug-likeness (QED) is 0.296. The van der Waals surface area contributed by atoms with E-state index in [2.05, 4.69) is 27.8 Å². The van der Waals surface area contributed by atoms with Crippen LogP contribution in [0, 0.1) is 5.41 Å². The summed E-state index contributed by atoms with van der Waals surface area (Å²) in [5.41, 5.74) is 3.73. The highest BCUT2D eigenvalue weighted by Crippen LogP contribution is 2.27. The number of unbranched alkanes of at least 4 members (excludes halogenated alkanes) is 1. The largest absolute Gasteiger partial charge is 0.481 e. The summed E-state index contributed by atoms with van der Waals surface area (Å²) in [5, 5.41) is 23.7.